The van der Waals surface area contributed by atoms with E-state index in [9.17, 15) is 9.00 Å². The first-order valence-corrected chi connectivity index (χ1v) is 9.97. The predicted octanol–water partition coefficient (Wildman–Crippen LogP) is 1.39. The van der Waals surface area contributed by atoms with Crippen LogP contribution in [0.1, 0.15) is 10.6 Å². The smallest absolute Gasteiger partial charge is 0.210 e. The van der Waals surface area contributed by atoms with Crippen LogP contribution in [0.2, 0.25) is 19.6 Å². The van der Waals surface area contributed by atoms with Gasteiger partial charge in [-0.05, 0) is 12.1 Å². The molecule has 0 bridgehead atoms. The van der Waals surface area contributed by atoms with E-state index in [-0.39, 0.29) is 11.5 Å². The van der Waals surface area contributed by atoms with Gasteiger partial charge < -0.3 is 4.42 Å². The molecule has 1 aromatic rings. The summed E-state index contributed by atoms with van der Waals surface area (Å²) in [6, 6.07) is 3.54. The minimum Gasteiger partial charge on any atom is -0.463 e. The Morgan fingerprint density at radius 2 is 2.00 bits per heavy atom. The van der Waals surface area contributed by atoms with Gasteiger partial charge in [0.15, 0.2) is 5.76 Å². The first-order chi connectivity index (χ1) is 6.80. The molecule has 0 aliphatic rings. The molecule has 0 aliphatic heterocycles. The van der Waals surface area contributed by atoms with Crippen molar-refractivity contribution in [2.24, 2.45) is 0 Å². The number of Topliss-reactive ketones (excluding diaryl/α,β-unsaturated/α-hetero) is 1. The van der Waals surface area contributed by atoms with Gasteiger partial charge in [-0.25, -0.2) is 0 Å². The highest BCUT2D eigenvalue weighted by Crippen LogP contribution is 2.07. The average Bonchev–Trinajstić information content (AvgIpc) is 2.48. The maximum atomic E-state index is 11.5. The Labute approximate surface area is 93.3 Å². The van der Waals surface area contributed by atoms with Crippen molar-refractivity contribution in [3.8, 4) is 0 Å². The lowest BCUT2D eigenvalue weighted by molar-refractivity contribution is 0.0993. The fourth-order valence-corrected chi connectivity index (χ4v) is 2.66. The molecule has 0 aromatic carbocycles. The topological polar surface area (TPSA) is 47.3 Å². The van der Waals surface area contributed by atoms with Crippen molar-refractivity contribution in [2.45, 2.75) is 19.6 Å². The van der Waals surface area contributed by atoms with Crippen molar-refractivity contribution in [3.63, 3.8) is 0 Å². The van der Waals surface area contributed by atoms with Gasteiger partial charge in [-0.3, -0.25) is 9.00 Å². The molecule has 0 saturated carbocycles. The van der Waals surface area contributed by atoms with E-state index in [1.165, 1.54) is 6.26 Å². The fourth-order valence-electron chi connectivity index (χ4n) is 1.15. The van der Waals surface area contributed by atoms with E-state index < -0.39 is 18.9 Å². The van der Waals surface area contributed by atoms with Crippen LogP contribution in [0.5, 0.6) is 0 Å². The standard InChI is InChI=1S/C10H16O3SSi/c1-14(12)7-8(11)9-5-6-10(13-9)15(2,3)4/h5-6H,7H2,1-4H3/t14-/m0/s1. The van der Waals surface area contributed by atoms with Crippen molar-refractivity contribution in [1.29, 1.82) is 0 Å². The van der Waals surface area contributed by atoms with Crippen LogP contribution in [0.3, 0.4) is 0 Å². The molecule has 0 fully saturated rings. The monoisotopic (exact) mass is 244 g/mol. The summed E-state index contributed by atoms with van der Waals surface area (Å²) in [5.74, 6) is 0.196. The first kappa shape index (κ1) is 12.4. The van der Waals surface area contributed by atoms with Crippen LogP contribution in [-0.2, 0) is 10.8 Å². The Bertz CT molecular complexity index is 390. The highest BCUT2D eigenvalue weighted by atomic mass is 32.2. The zero-order valence-corrected chi connectivity index (χ0v) is 11.3. The van der Waals surface area contributed by atoms with Gasteiger partial charge in [-0.15, -0.1) is 0 Å². The SMILES string of the molecule is C[S@](=O)CC(=O)c1ccc([Si](C)(C)C)o1. The Morgan fingerprint density at radius 1 is 1.40 bits per heavy atom. The van der Waals surface area contributed by atoms with Crippen LogP contribution in [0, 0.1) is 0 Å². The van der Waals surface area contributed by atoms with E-state index in [2.05, 4.69) is 19.6 Å². The molecule has 1 aromatic heterocycles. The van der Waals surface area contributed by atoms with Crippen LogP contribution in [0.15, 0.2) is 16.5 Å². The molecule has 0 amide bonds. The Balaban J connectivity index is 2.85. The Kier molecular flexibility index (Phi) is 3.67. The largest absolute Gasteiger partial charge is 0.463 e. The molecule has 1 rings (SSSR count). The normalized spacial score (nSPS) is 13.9. The third kappa shape index (κ3) is 3.42. The summed E-state index contributed by atoms with van der Waals surface area (Å²) in [6.07, 6.45) is 1.51. The summed E-state index contributed by atoms with van der Waals surface area (Å²) < 4.78 is 16.4. The number of ketones is 1. The molecule has 5 heteroatoms. The lowest BCUT2D eigenvalue weighted by Gasteiger charge is -2.10. The maximum absolute atomic E-state index is 11.5. The summed E-state index contributed by atoms with van der Waals surface area (Å²) >= 11 is 0. The van der Waals surface area contributed by atoms with E-state index in [1.807, 2.05) is 6.07 Å². The van der Waals surface area contributed by atoms with Gasteiger partial charge in [0, 0.05) is 17.1 Å². The average molecular weight is 244 g/mol. The van der Waals surface area contributed by atoms with E-state index in [0.717, 1.165) is 5.38 Å². The van der Waals surface area contributed by atoms with Crippen molar-refractivity contribution < 1.29 is 13.4 Å². The molecule has 0 saturated heterocycles. The van der Waals surface area contributed by atoms with Gasteiger partial charge in [-0.2, -0.15) is 0 Å². The second kappa shape index (κ2) is 4.45. The summed E-state index contributed by atoms with van der Waals surface area (Å²) in [4.78, 5) is 11.5. The minimum atomic E-state index is -1.49. The molecule has 3 nitrogen and oxygen atoms in total. The molecular formula is C10H16O3SSi. The number of hydrogen-bond acceptors (Lipinski definition) is 3. The number of furan rings is 1. The summed E-state index contributed by atoms with van der Waals surface area (Å²) in [5, 5.41) is 0.910. The molecule has 15 heavy (non-hydrogen) atoms. The lowest BCUT2D eigenvalue weighted by atomic mass is 10.3. The molecule has 1 atom stereocenters. The number of rotatable bonds is 4. The van der Waals surface area contributed by atoms with E-state index >= 15 is 0 Å². The van der Waals surface area contributed by atoms with Crippen LogP contribution < -0.4 is 5.38 Å². The van der Waals surface area contributed by atoms with Gasteiger partial charge in [0.05, 0.1) is 11.1 Å². The van der Waals surface area contributed by atoms with Gasteiger partial charge in [0.1, 0.15) is 8.07 Å². The number of carbonyl (C=O) groups excluding carboxylic acids is 1. The molecule has 0 aliphatic carbocycles. The van der Waals surface area contributed by atoms with Gasteiger partial charge in [-0.1, -0.05) is 19.6 Å². The molecule has 0 spiro atoms. The van der Waals surface area contributed by atoms with Crippen LogP contribution in [0.4, 0.5) is 0 Å². The third-order valence-corrected chi connectivity index (χ3v) is 4.37. The van der Waals surface area contributed by atoms with Crippen molar-refractivity contribution in [1.82, 2.24) is 0 Å². The van der Waals surface area contributed by atoms with Crippen molar-refractivity contribution >= 4 is 30.0 Å². The minimum absolute atomic E-state index is 0.0403. The van der Waals surface area contributed by atoms with Crippen LogP contribution in [0.25, 0.3) is 0 Å². The van der Waals surface area contributed by atoms with Crippen LogP contribution >= 0.6 is 0 Å². The van der Waals surface area contributed by atoms with Gasteiger partial charge in [0.2, 0.25) is 5.78 Å². The van der Waals surface area contributed by atoms with E-state index in [1.54, 1.807) is 6.07 Å². The first-order valence-electron chi connectivity index (χ1n) is 4.74. The third-order valence-electron chi connectivity index (χ3n) is 1.95. The second-order valence-corrected chi connectivity index (χ2v) is 11.0. The Hall–Kier alpha value is -0.683. The van der Waals surface area contributed by atoms with Crippen LogP contribution in [-0.4, -0.2) is 30.1 Å². The fraction of sp³-hybridized carbons (Fsp3) is 0.500. The maximum Gasteiger partial charge on any atom is 0.210 e. The highest BCUT2D eigenvalue weighted by Gasteiger charge is 2.22. The van der Waals surface area contributed by atoms with Gasteiger partial charge in [0.25, 0.3) is 0 Å². The summed E-state index contributed by atoms with van der Waals surface area (Å²) in [7, 11) is -2.60. The van der Waals surface area contributed by atoms with Crippen molar-refractivity contribution in [2.75, 3.05) is 12.0 Å². The highest BCUT2D eigenvalue weighted by molar-refractivity contribution is 7.85. The molecule has 84 valence electrons. The number of hydrogen-bond donors (Lipinski definition) is 0. The summed E-state index contributed by atoms with van der Waals surface area (Å²) in [5.41, 5.74) is 0. The quantitative estimate of drug-likeness (QED) is 0.594. The zero-order valence-electron chi connectivity index (χ0n) is 9.49. The Morgan fingerprint density at radius 3 is 2.40 bits per heavy atom. The summed E-state index contributed by atoms with van der Waals surface area (Å²) in [6.45, 7) is 6.45. The second-order valence-electron chi connectivity index (χ2n) is 4.55. The van der Waals surface area contributed by atoms with Gasteiger partial charge >= 0.3 is 0 Å². The van der Waals surface area contributed by atoms with Crippen molar-refractivity contribution in [3.05, 3.63) is 17.9 Å². The number of carbonyl (C=O) groups is 1. The lowest BCUT2D eigenvalue weighted by Crippen LogP contribution is -2.36. The molecule has 1 heterocycles. The molecule has 0 radical (unpaired) electrons. The molecule has 0 N–H and O–H groups in total. The zero-order chi connectivity index (χ0) is 11.6. The predicted molar refractivity (Wildman–Crippen MR) is 65.0 cm³/mol. The van der Waals surface area contributed by atoms with E-state index in [4.69, 9.17) is 4.42 Å². The molecule has 0 unspecified atom stereocenters. The molecular weight excluding hydrogens is 228 g/mol. The van der Waals surface area contributed by atoms with E-state index in [0.29, 0.717) is 5.76 Å².